The number of halogens is 1. The molecule has 3 aromatic rings. The first kappa shape index (κ1) is 13.2. The quantitative estimate of drug-likeness (QED) is 0.689. The number of nitrogens with two attached hydrogens (primary N) is 1. The Kier molecular flexibility index (Phi) is 3.51. The Bertz CT molecular complexity index is 736. The van der Waals surface area contributed by atoms with Crippen LogP contribution in [0.3, 0.4) is 0 Å². The summed E-state index contributed by atoms with van der Waals surface area (Å²) in [5.41, 5.74) is 11.6. The third-order valence-electron chi connectivity index (χ3n) is 3.28. The molecule has 3 N–H and O–H groups in total. The molecule has 20 heavy (non-hydrogen) atoms. The van der Waals surface area contributed by atoms with Gasteiger partial charge in [0.1, 0.15) is 5.52 Å². The van der Waals surface area contributed by atoms with Gasteiger partial charge in [0.05, 0.1) is 21.6 Å². The van der Waals surface area contributed by atoms with Crippen molar-refractivity contribution in [2.45, 2.75) is 13.0 Å². The number of fused-ring (bicyclic) bond motifs is 1. The van der Waals surface area contributed by atoms with Crippen LogP contribution in [0.25, 0.3) is 10.2 Å². The van der Waals surface area contributed by atoms with Crippen molar-refractivity contribution in [1.82, 2.24) is 4.98 Å². The monoisotopic (exact) mass is 303 g/mol. The highest BCUT2D eigenvalue weighted by atomic mass is 35.5. The van der Waals surface area contributed by atoms with E-state index >= 15 is 0 Å². The first-order valence-corrected chi connectivity index (χ1v) is 7.54. The maximum atomic E-state index is 6.17. The molecule has 0 aliphatic carbocycles. The van der Waals surface area contributed by atoms with E-state index < -0.39 is 0 Å². The zero-order valence-corrected chi connectivity index (χ0v) is 12.5. The largest absolute Gasteiger partial charge is 0.395 e. The molecule has 0 spiro atoms. The molecule has 2 aromatic carbocycles. The Balaban J connectivity index is 1.88. The van der Waals surface area contributed by atoms with Crippen molar-refractivity contribution < 1.29 is 0 Å². The van der Waals surface area contributed by atoms with Crippen LogP contribution in [0.1, 0.15) is 18.5 Å². The molecule has 102 valence electrons. The average Bonchev–Trinajstić information content (AvgIpc) is 2.92. The highest BCUT2D eigenvalue weighted by Crippen LogP contribution is 2.32. The number of nitrogen functional groups attached to an aromatic ring is 1. The fourth-order valence-electron chi connectivity index (χ4n) is 2.15. The minimum absolute atomic E-state index is 0.144. The molecule has 0 saturated carbocycles. The van der Waals surface area contributed by atoms with Gasteiger partial charge in [0.15, 0.2) is 0 Å². The topological polar surface area (TPSA) is 50.9 Å². The van der Waals surface area contributed by atoms with Gasteiger partial charge in [-0.3, -0.25) is 0 Å². The van der Waals surface area contributed by atoms with E-state index in [4.69, 9.17) is 17.3 Å². The number of hydrogen-bond donors (Lipinski definition) is 2. The fourth-order valence-corrected chi connectivity index (χ4v) is 2.96. The van der Waals surface area contributed by atoms with Crippen LogP contribution in [-0.2, 0) is 0 Å². The second-order valence-corrected chi connectivity index (χ2v) is 5.97. The molecule has 5 heteroatoms. The van der Waals surface area contributed by atoms with E-state index in [2.05, 4.69) is 17.2 Å². The SMILES string of the molecule is CC(Nc1ccc2scnc2c1N)c1ccc(Cl)cc1. The summed E-state index contributed by atoms with van der Waals surface area (Å²) in [5, 5.41) is 4.16. The first-order chi connectivity index (χ1) is 9.65. The third kappa shape index (κ3) is 2.44. The van der Waals surface area contributed by atoms with Crippen LogP contribution in [0.4, 0.5) is 11.4 Å². The second kappa shape index (κ2) is 5.31. The van der Waals surface area contributed by atoms with Crippen molar-refractivity contribution in [2.24, 2.45) is 0 Å². The summed E-state index contributed by atoms with van der Waals surface area (Å²) in [6, 6.07) is 12.0. The number of benzene rings is 2. The van der Waals surface area contributed by atoms with Gasteiger partial charge >= 0.3 is 0 Å². The average molecular weight is 304 g/mol. The van der Waals surface area contributed by atoms with E-state index in [1.54, 1.807) is 11.3 Å². The van der Waals surface area contributed by atoms with E-state index in [1.165, 1.54) is 0 Å². The van der Waals surface area contributed by atoms with Gasteiger partial charge in [0, 0.05) is 11.1 Å². The molecule has 0 aliphatic heterocycles. The smallest absolute Gasteiger partial charge is 0.106 e. The maximum Gasteiger partial charge on any atom is 0.106 e. The lowest BCUT2D eigenvalue weighted by molar-refractivity contribution is 0.886. The van der Waals surface area contributed by atoms with Crippen molar-refractivity contribution in [3.05, 3.63) is 52.5 Å². The van der Waals surface area contributed by atoms with Gasteiger partial charge in [-0.15, -0.1) is 11.3 Å². The molecule has 1 aromatic heterocycles. The van der Waals surface area contributed by atoms with Crippen molar-refractivity contribution in [2.75, 3.05) is 11.1 Å². The summed E-state index contributed by atoms with van der Waals surface area (Å²) >= 11 is 7.50. The number of thiazole rings is 1. The normalized spacial score (nSPS) is 12.5. The molecule has 1 atom stereocenters. The lowest BCUT2D eigenvalue weighted by Gasteiger charge is -2.17. The minimum Gasteiger partial charge on any atom is -0.395 e. The van der Waals surface area contributed by atoms with Crippen molar-refractivity contribution in [3.8, 4) is 0 Å². The van der Waals surface area contributed by atoms with Gasteiger partial charge in [-0.05, 0) is 36.8 Å². The Morgan fingerprint density at radius 3 is 2.70 bits per heavy atom. The van der Waals surface area contributed by atoms with E-state index in [0.29, 0.717) is 5.69 Å². The zero-order chi connectivity index (χ0) is 14.1. The molecule has 0 fully saturated rings. The van der Waals surface area contributed by atoms with E-state index in [9.17, 15) is 0 Å². The molecule has 0 bridgehead atoms. The molecule has 1 unspecified atom stereocenters. The summed E-state index contributed by atoms with van der Waals surface area (Å²) in [6.45, 7) is 2.09. The van der Waals surface area contributed by atoms with Gasteiger partial charge in [0.2, 0.25) is 0 Å². The highest BCUT2D eigenvalue weighted by molar-refractivity contribution is 7.16. The molecule has 3 rings (SSSR count). The van der Waals surface area contributed by atoms with Crippen LogP contribution in [0.15, 0.2) is 41.9 Å². The van der Waals surface area contributed by atoms with Crippen LogP contribution in [0.5, 0.6) is 0 Å². The number of anilines is 2. The predicted octanol–water partition coefficient (Wildman–Crippen LogP) is 4.71. The van der Waals surface area contributed by atoms with Crippen molar-refractivity contribution in [1.29, 1.82) is 0 Å². The summed E-state index contributed by atoms with van der Waals surface area (Å²) in [7, 11) is 0. The van der Waals surface area contributed by atoms with Gasteiger partial charge in [0.25, 0.3) is 0 Å². The Morgan fingerprint density at radius 2 is 1.95 bits per heavy atom. The summed E-state index contributed by atoms with van der Waals surface area (Å²) in [5.74, 6) is 0. The number of hydrogen-bond acceptors (Lipinski definition) is 4. The van der Waals surface area contributed by atoms with Gasteiger partial charge in [-0.2, -0.15) is 0 Å². The van der Waals surface area contributed by atoms with Gasteiger partial charge < -0.3 is 11.1 Å². The van der Waals surface area contributed by atoms with Gasteiger partial charge in [-0.25, -0.2) is 4.98 Å². The van der Waals surface area contributed by atoms with E-state index in [0.717, 1.165) is 26.5 Å². The summed E-state index contributed by atoms with van der Waals surface area (Å²) in [6.07, 6.45) is 0. The summed E-state index contributed by atoms with van der Waals surface area (Å²) < 4.78 is 1.10. The zero-order valence-electron chi connectivity index (χ0n) is 10.9. The molecular formula is C15H14ClN3S. The number of aromatic nitrogens is 1. The van der Waals surface area contributed by atoms with Crippen LogP contribution in [-0.4, -0.2) is 4.98 Å². The first-order valence-electron chi connectivity index (χ1n) is 6.29. The van der Waals surface area contributed by atoms with Crippen LogP contribution in [0, 0.1) is 0 Å². The van der Waals surface area contributed by atoms with Crippen LogP contribution in [0.2, 0.25) is 5.02 Å². The standard InChI is InChI=1S/C15H14ClN3S/c1-9(10-2-4-11(16)5-3-10)19-12-6-7-13-15(14(12)17)18-8-20-13/h2-9,19H,17H2,1H3. The number of rotatable bonds is 3. The molecule has 0 radical (unpaired) electrons. The Hall–Kier alpha value is -1.78. The lowest BCUT2D eigenvalue weighted by atomic mass is 10.1. The van der Waals surface area contributed by atoms with Crippen molar-refractivity contribution in [3.63, 3.8) is 0 Å². The second-order valence-electron chi connectivity index (χ2n) is 4.64. The Labute approximate surface area is 126 Å². The third-order valence-corrected chi connectivity index (χ3v) is 4.33. The molecule has 0 aliphatic rings. The van der Waals surface area contributed by atoms with E-state index in [1.807, 2.05) is 41.9 Å². The lowest BCUT2D eigenvalue weighted by Crippen LogP contribution is -2.08. The highest BCUT2D eigenvalue weighted by Gasteiger charge is 2.10. The van der Waals surface area contributed by atoms with E-state index in [-0.39, 0.29) is 6.04 Å². The van der Waals surface area contributed by atoms with Gasteiger partial charge in [-0.1, -0.05) is 23.7 Å². The summed E-state index contributed by atoms with van der Waals surface area (Å²) in [4.78, 5) is 4.31. The van der Waals surface area contributed by atoms with Crippen LogP contribution < -0.4 is 11.1 Å². The molecule has 0 amide bonds. The Morgan fingerprint density at radius 1 is 1.20 bits per heavy atom. The fraction of sp³-hybridized carbons (Fsp3) is 0.133. The number of nitrogens with zero attached hydrogens (tertiary/aromatic N) is 1. The predicted molar refractivity (Wildman–Crippen MR) is 87.5 cm³/mol. The molecule has 0 saturated heterocycles. The molecular weight excluding hydrogens is 290 g/mol. The number of nitrogens with one attached hydrogen (secondary N) is 1. The maximum absolute atomic E-state index is 6.17. The minimum atomic E-state index is 0.144. The molecule has 3 nitrogen and oxygen atoms in total. The van der Waals surface area contributed by atoms with Crippen molar-refractivity contribution >= 4 is 44.5 Å². The van der Waals surface area contributed by atoms with Crippen LogP contribution >= 0.6 is 22.9 Å². The molecule has 1 heterocycles.